The largest absolute Gasteiger partial charge is 0.490 e. The monoisotopic (exact) mass is 224 g/mol. The average Bonchev–Trinajstić information content (AvgIpc) is 2.27. The number of hydrogen-bond donors (Lipinski definition) is 0. The molecular formula is C11H9ClO3. The van der Waals surface area contributed by atoms with E-state index in [4.69, 9.17) is 20.8 Å². The average molecular weight is 225 g/mol. The van der Waals surface area contributed by atoms with Crippen LogP contribution in [0.5, 0.6) is 5.75 Å². The van der Waals surface area contributed by atoms with E-state index >= 15 is 0 Å². The highest BCUT2D eigenvalue weighted by Gasteiger charge is 2.13. The number of fused-ring (bicyclic) bond motifs is 1. The second-order valence-corrected chi connectivity index (χ2v) is 3.30. The van der Waals surface area contributed by atoms with Gasteiger partial charge in [0.1, 0.15) is 5.58 Å². The summed E-state index contributed by atoms with van der Waals surface area (Å²) in [6, 6.07) is 7.23. The highest BCUT2D eigenvalue weighted by molar-refractivity contribution is 6.18. The molecule has 2 rings (SSSR count). The van der Waals surface area contributed by atoms with E-state index in [1.54, 1.807) is 12.1 Å². The Bertz CT molecular complexity index is 545. The Morgan fingerprint density at radius 2 is 2.13 bits per heavy atom. The molecule has 1 heterocycles. The molecule has 0 atom stereocenters. The number of alkyl halides is 1. The summed E-state index contributed by atoms with van der Waals surface area (Å²) in [5, 5.41) is 0.809. The highest BCUT2D eigenvalue weighted by atomic mass is 35.5. The van der Waals surface area contributed by atoms with Gasteiger partial charge in [-0.3, -0.25) is 0 Å². The lowest BCUT2D eigenvalue weighted by Crippen LogP contribution is -2.07. The van der Waals surface area contributed by atoms with Gasteiger partial charge >= 0.3 is 5.63 Å². The molecule has 0 fully saturated rings. The molecule has 3 nitrogen and oxygen atoms in total. The summed E-state index contributed by atoms with van der Waals surface area (Å²) in [5.41, 5.74) is 0.705. The summed E-state index contributed by atoms with van der Waals surface area (Å²) in [4.78, 5) is 11.5. The number of methoxy groups -OCH3 is 1. The highest BCUT2D eigenvalue weighted by Crippen LogP contribution is 2.25. The summed E-state index contributed by atoms with van der Waals surface area (Å²) < 4.78 is 10.1. The van der Waals surface area contributed by atoms with Gasteiger partial charge in [0.25, 0.3) is 0 Å². The van der Waals surface area contributed by atoms with Crippen molar-refractivity contribution >= 4 is 22.6 Å². The van der Waals surface area contributed by atoms with Crippen molar-refractivity contribution in [3.63, 3.8) is 0 Å². The maximum Gasteiger partial charge on any atom is 0.379 e. The minimum atomic E-state index is -0.494. The van der Waals surface area contributed by atoms with Crippen molar-refractivity contribution in [1.82, 2.24) is 0 Å². The molecule has 1 aromatic heterocycles. The van der Waals surface area contributed by atoms with Crippen molar-refractivity contribution in [2.75, 3.05) is 7.11 Å². The minimum absolute atomic E-state index is 0.184. The molecule has 4 heteroatoms. The van der Waals surface area contributed by atoms with Crippen molar-refractivity contribution < 1.29 is 9.15 Å². The smallest absolute Gasteiger partial charge is 0.379 e. The van der Waals surface area contributed by atoms with E-state index in [0.717, 1.165) is 5.39 Å². The molecule has 2 aromatic rings. The fraction of sp³-hybridized carbons (Fsp3) is 0.182. The number of para-hydroxylation sites is 1. The molecule has 0 spiro atoms. The van der Waals surface area contributed by atoms with Crippen molar-refractivity contribution in [3.8, 4) is 5.75 Å². The van der Waals surface area contributed by atoms with E-state index < -0.39 is 5.63 Å². The number of hydrogen-bond acceptors (Lipinski definition) is 3. The predicted molar refractivity (Wildman–Crippen MR) is 58.6 cm³/mol. The molecule has 1 aromatic carbocycles. The van der Waals surface area contributed by atoms with Crippen LogP contribution in [0.3, 0.4) is 0 Å². The molecule has 0 N–H and O–H groups in total. The van der Waals surface area contributed by atoms with Gasteiger partial charge in [-0.05, 0) is 6.07 Å². The maximum absolute atomic E-state index is 11.5. The first kappa shape index (κ1) is 10.1. The zero-order valence-corrected chi connectivity index (χ0v) is 8.88. The van der Waals surface area contributed by atoms with Gasteiger partial charge in [-0.2, -0.15) is 0 Å². The first-order valence-electron chi connectivity index (χ1n) is 4.42. The molecule has 0 aliphatic heterocycles. The van der Waals surface area contributed by atoms with Crippen LogP contribution in [0.15, 0.2) is 33.5 Å². The number of benzene rings is 1. The molecule has 0 aliphatic rings. The lowest BCUT2D eigenvalue weighted by Gasteiger charge is -2.06. The Morgan fingerprint density at radius 1 is 1.40 bits per heavy atom. The molecular weight excluding hydrogens is 216 g/mol. The third kappa shape index (κ3) is 1.59. The predicted octanol–water partition coefficient (Wildman–Crippen LogP) is 2.54. The normalized spacial score (nSPS) is 10.5. The van der Waals surface area contributed by atoms with Gasteiger partial charge in [0.05, 0.1) is 13.0 Å². The molecule has 0 radical (unpaired) electrons. The van der Waals surface area contributed by atoms with Crippen LogP contribution in [0.1, 0.15) is 5.56 Å². The standard InChI is InChI=1S/C11H9ClO3/c1-14-10-8(6-12)7-4-2-3-5-9(7)15-11(10)13/h2-5H,6H2,1H3. The van der Waals surface area contributed by atoms with Gasteiger partial charge in [-0.15, -0.1) is 11.6 Å². The molecule has 0 saturated heterocycles. The van der Waals surface area contributed by atoms with Crippen molar-refractivity contribution in [2.24, 2.45) is 0 Å². The summed E-state index contributed by atoms with van der Waals surface area (Å²) in [6.45, 7) is 0. The van der Waals surface area contributed by atoms with Crippen molar-refractivity contribution in [3.05, 3.63) is 40.2 Å². The van der Waals surface area contributed by atoms with Gasteiger partial charge < -0.3 is 9.15 Å². The maximum atomic E-state index is 11.5. The first-order valence-corrected chi connectivity index (χ1v) is 4.96. The first-order chi connectivity index (χ1) is 7.27. The summed E-state index contributed by atoms with van der Waals surface area (Å²) in [7, 11) is 1.43. The van der Waals surface area contributed by atoms with Crippen molar-refractivity contribution in [2.45, 2.75) is 5.88 Å². The summed E-state index contributed by atoms with van der Waals surface area (Å²) >= 11 is 5.80. The molecule has 15 heavy (non-hydrogen) atoms. The van der Waals surface area contributed by atoms with Crippen molar-refractivity contribution in [1.29, 1.82) is 0 Å². The number of rotatable bonds is 2. The lowest BCUT2D eigenvalue weighted by molar-refractivity contribution is 0.382. The summed E-state index contributed by atoms with van der Waals surface area (Å²) in [6.07, 6.45) is 0. The van der Waals surface area contributed by atoms with E-state index in [0.29, 0.717) is 11.1 Å². The van der Waals surface area contributed by atoms with Gasteiger partial charge in [-0.1, -0.05) is 18.2 Å². The van der Waals surface area contributed by atoms with Crippen LogP contribution < -0.4 is 10.4 Å². The Kier molecular flexibility index (Phi) is 2.64. The van der Waals surface area contributed by atoms with Gasteiger partial charge in [0.2, 0.25) is 5.75 Å². The van der Waals surface area contributed by atoms with E-state index in [2.05, 4.69) is 0 Å². The van der Waals surface area contributed by atoms with E-state index in [9.17, 15) is 4.79 Å². The Balaban J connectivity index is 2.91. The molecule has 0 aliphatic carbocycles. The van der Waals surface area contributed by atoms with Gasteiger partial charge in [-0.25, -0.2) is 4.79 Å². The zero-order chi connectivity index (χ0) is 10.8. The Labute approximate surface area is 91.2 Å². The van der Waals surface area contributed by atoms with E-state index in [-0.39, 0.29) is 11.6 Å². The molecule has 0 unspecified atom stereocenters. The van der Waals surface area contributed by atoms with E-state index in [1.165, 1.54) is 7.11 Å². The molecule has 78 valence electrons. The van der Waals surface area contributed by atoms with Crippen LogP contribution in [0.2, 0.25) is 0 Å². The minimum Gasteiger partial charge on any atom is -0.490 e. The fourth-order valence-electron chi connectivity index (χ4n) is 1.54. The quantitative estimate of drug-likeness (QED) is 0.581. The van der Waals surface area contributed by atoms with Gasteiger partial charge in [0, 0.05) is 10.9 Å². The van der Waals surface area contributed by atoms with Gasteiger partial charge in [0.15, 0.2) is 0 Å². The topological polar surface area (TPSA) is 39.4 Å². The van der Waals surface area contributed by atoms with Crippen LogP contribution in [-0.4, -0.2) is 7.11 Å². The number of halogens is 1. The second-order valence-electron chi connectivity index (χ2n) is 3.03. The Hall–Kier alpha value is -1.48. The van der Waals surface area contributed by atoms with Crippen LogP contribution in [-0.2, 0) is 5.88 Å². The lowest BCUT2D eigenvalue weighted by atomic mass is 10.1. The van der Waals surface area contributed by atoms with E-state index in [1.807, 2.05) is 12.1 Å². The third-order valence-electron chi connectivity index (χ3n) is 2.21. The fourth-order valence-corrected chi connectivity index (χ4v) is 1.80. The van der Waals surface area contributed by atoms with Crippen LogP contribution in [0.25, 0.3) is 11.0 Å². The molecule has 0 saturated carbocycles. The van der Waals surface area contributed by atoms with Crippen LogP contribution in [0.4, 0.5) is 0 Å². The van der Waals surface area contributed by atoms with Crippen LogP contribution in [0, 0.1) is 0 Å². The summed E-state index contributed by atoms with van der Waals surface area (Å²) in [5.74, 6) is 0.402. The Morgan fingerprint density at radius 3 is 2.80 bits per heavy atom. The second kappa shape index (κ2) is 3.95. The molecule has 0 amide bonds. The third-order valence-corrected chi connectivity index (χ3v) is 2.48. The zero-order valence-electron chi connectivity index (χ0n) is 8.12. The number of ether oxygens (including phenoxy) is 1. The SMILES string of the molecule is COc1c(CCl)c2ccccc2oc1=O. The van der Waals surface area contributed by atoms with Crippen LogP contribution >= 0.6 is 11.6 Å². The molecule has 0 bridgehead atoms.